The van der Waals surface area contributed by atoms with E-state index in [2.05, 4.69) is 32.3 Å². The van der Waals surface area contributed by atoms with Crippen molar-refractivity contribution in [1.82, 2.24) is 0 Å². The van der Waals surface area contributed by atoms with Gasteiger partial charge in [-0.2, -0.15) is 0 Å². The molecule has 2 nitrogen and oxygen atoms in total. The maximum atomic E-state index is 11.9. The lowest BCUT2D eigenvalue weighted by atomic mass is 9.95. The third kappa shape index (κ3) is 6.49. The fourth-order valence-electron chi connectivity index (χ4n) is 1.38. The van der Waals surface area contributed by atoms with E-state index in [1.165, 1.54) is 0 Å². The van der Waals surface area contributed by atoms with Gasteiger partial charge < -0.3 is 4.74 Å². The number of ether oxygens (including phenoxy) is 1. The molecule has 0 amide bonds. The Labute approximate surface area is 112 Å². The molecule has 18 heavy (non-hydrogen) atoms. The van der Waals surface area contributed by atoms with E-state index in [9.17, 15) is 4.79 Å². The Bertz CT molecular complexity index is 350. The van der Waals surface area contributed by atoms with Crippen molar-refractivity contribution in [3.8, 4) is 11.8 Å². The van der Waals surface area contributed by atoms with Crippen LogP contribution in [-0.4, -0.2) is 12.1 Å². The first kappa shape index (κ1) is 16.8. The van der Waals surface area contributed by atoms with Gasteiger partial charge in [-0.15, -0.1) is 0 Å². The summed E-state index contributed by atoms with van der Waals surface area (Å²) in [5.41, 5.74) is 0.297. The third-order valence-electron chi connectivity index (χ3n) is 2.54. The molecule has 2 unspecified atom stereocenters. The topological polar surface area (TPSA) is 26.3 Å². The van der Waals surface area contributed by atoms with Gasteiger partial charge in [-0.1, -0.05) is 38.7 Å². The van der Waals surface area contributed by atoms with E-state index in [1.807, 2.05) is 27.7 Å². The maximum Gasteiger partial charge on any atom is 0.312 e. The summed E-state index contributed by atoms with van der Waals surface area (Å²) in [7, 11) is 0. The van der Waals surface area contributed by atoms with Crippen LogP contribution in [0, 0.1) is 23.2 Å². The van der Waals surface area contributed by atoms with Crippen LogP contribution in [0.25, 0.3) is 0 Å². The summed E-state index contributed by atoms with van der Waals surface area (Å²) >= 11 is 0. The molecule has 0 heterocycles. The average molecular weight is 250 g/mol. The van der Waals surface area contributed by atoms with Crippen LogP contribution in [0.5, 0.6) is 0 Å². The van der Waals surface area contributed by atoms with E-state index in [4.69, 9.17) is 4.74 Å². The summed E-state index contributed by atoms with van der Waals surface area (Å²) < 4.78 is 5.53. The van der Waals surface area contributed by atoms with Gasteiger partial charge in [0, 0.05) is 5.92 Å². The molecule has 0 bridgehead atoms. The smallest absolute Gasteiger partial charge is 0.312 e. The zero-order valence-electron chi connectivity index (χ0n) is 12.6. The standard InChI is InChI=1S/C16H26O2/c1-8-9-13(4)14(11-10-12(2)3)18-15(17)16(5,6)7/h13-14H,2,8-9H2,1,3-7H3. The molecule has 0 radical (unpaired) electrons. The van der Waals surface area contributed by atoms with Gasteiger partial charge in [-0.25, -0.2) is 0 Å². The van der Waals surface area contributed by atoms with Gasteiger partial charge in [-0.3, -0.25) is 4.79 Å². The number of hydrogen-bond donors (Lipinski definition) is 0. The Morgan fingerprint density at radius 1 is 1.39 bits per heavy atom. The Morgan fingerprint density at radius 2 is 1.94 bits per heavy atom. The van der Waals surface area contributed by atoms with Crippen LogP contribution in [-0.2, 0) is 9.53 Å². The van der Waals surface area contributed by atoms with Crippen LogP contribution >= 0.6 is 0 Å². The first-order chi connectivity index (χ1) is 8.18. The molecule has 0 aliphatic heterocycles. The number of allylic oxidation sites excluding steroid dienone is 1. The van der Waals surface area contributed by atoms with Crippen molar-refractivity contribution in [3.63, 3.8) is 0 Å². The Hall–Kier alpha value is -1.23. The SMILES string of the molecule is C=C(C)C#CC(OC(=O)C(C)(C)C)C(C)CCC. The molecule has 0 aromatic carbocycles. The van der Waals surface area contributed by atoms with Crippen LogP contribution < -0.4 is 0 Å². The van der Waals surface area contributed by atoms with Crippen LogP contribution in [0.4, 0.5) is 0 Å². The zero-order valence-corrected chi connectivity index (χ0v) is 12.6. The highest BCUT2D eigenvalue weighted by Gasteiger charge is 2.27. The van der Waals surface area contributed by atoms with Crippen LogP contribution in [0.15, 0.2) is 12.2 Å². The molecule has 0 aromatic rings. The van der Waals surface area contributed by atoms with Crippen LogP contribution in [0.1, 0.15) is 54.4 Å². The minimum absolute atomic E-state index is 0.202. The normalized spacial score (nSPS) is 14.1. The van der Waals surface area contributed by atoms with Crippen molar-refractivity contribution in [3.05, 3.63) is 12.2 Å². The van der Waals surface area contributed by atoms with Crippen LogP contribution in [0.2, 0.25) is 0 Å². The summed E-state index contributed by atoms with van der Waals surface area (Å²) in [6, 6.07) is 0. The van der Waals surface area contributed by atoms with Gasteiger partial charge in [0.15, 0.2) is 6.10 Å². The molecule has 2 heteroatoms. The second-order valence-electron chi connectivity index (χ2n) is 5.89. The average Bonchev–Trinajstić information content (AvgIpc) is 2.22. The largest absolute Gasteiger partial charge is 0.448 e. The predicted molar refractivity (Wildman–Crippen MR) is 76.0 cm³/mol. The number of rotatable bonds is 4. The van der Waals surface area contributed by atoms with Gasteiger partial charge >= 0.3 is 5.97 Å². The second-order valence-corrected chi connectivity index (χ2v) is 5.89. The number of carbonyl (C=O) groups excluding carboxylic acids is 1. The van der Waals surface area contributed by atoms with Gasteiger partial charge in [0.05, 0.1) is 5.41 Å². The van der Waals surface area contributed by atoms with Gasteiger partial charge in [0.2, 0.25) is 0 Å². The molecule has 0 aliphatic carbocycles. The van der Waals surface area contributed by atoms with E-state index in [0.717, 1.165) is 18.4 Å². The summed E-state index contributed by atoms with van der Waals surface area (Å²) in [6.45, 7) is 15.3. The lowest BCUT2D eigenvalue weighted by molar-refractivity contribution is -0.157. The van der Waals surface area contributed by atoms with Crippen molar-refractivity contribution in [2.75, 3.05) is 0 Å². The summed E-state index contributed by atoms with van der Waals surface area (Å²) in [5, 5.41) is 0. The monoisotopic (exact) mass is 250 g/mol. The molecule has 0 N–H and O–H groups in total. The molecule has 0 saturated heterocycles. The first-order valence-corrected chi connectivity index (χ1v) is 6.56. The highest BCUT2D eigenvalue weighted by molar-refractivity contribution is 5.75. The van der Waals surface area contributed by atoms with Gasteiger partial charge in [0.1, 0.15) is 0 Å². The molecular weight excluding hydrogens is 224 g/mol. The van der Waals surface area contributed by atoms with Gasteiger partial charge in [0.25, 0.3) is 0 Å². The zero-order chi connectivity index (χ0) is 14.3. The molecule has 0 aromatic heterocycles. The van der Waals surface area contributed by atoms with E-state index >= 15 is 0 Å². The highest BCUT2D eigenvalue weighted by Crippen LogP contribution is 2.20. The third-order valence-corrected chi connectivity index (χ3v) is 2.54. The molecule has 0 spiro atoms. The number of hydrogen-bond acceptors (Lipinski definition) is 2. The number of carbonyl (C=O) groups is 1. The summed E-state index contributed by atoms with van der Waals surface area (Å²) in [4.78, 5) is 11.9. The quantitative estimate of drug-likeness (QED) is 0.557. The number of esters is 1. The minimum atomic E-state index is -0.491. The molecule has 102 valence electrons. The summed E-state index contributed by atoms with van der Waals surface area (Å²) in [6.07, 6.45) is 1.71. The van der Waals surface area contributed by atoms with Crippen molar-refractivity contribution in [2.24, 2.45) is 11.3 Å². The predicted octanol–water partition coefficient (Wildman–Crippen LogP) is 3.96. The van der Waals surface area contributed by atoms with Crippen molar-refractivity contribution in [2.45, 2.75) is 60.5 Å². The molecule has 0 rings (SSSR count). The minimum Gasteiger partial charge on any atom is -0.448 e. The lowest BCUT2D eigenvalue weighted by Gasteiger charge is -2.24. The fraction of sp³-hybridized carbons (Fsp3) is 0.688. The van der Waals surface area contributed by atoms with E-state index in [1.54, 1.807) is 0 Å². The van der Waals surface area contributed by atoms with E-state index in [0.29, 0.717) is 0 Å². The maximum absolute atomic E-state index is 11.9. The van der Waals surface area contributed by atoms with Crippen molar-refractivity contribution >= 4 is 5.97 Å². The van der Waals surface area contributed by atoms with Crippen LogP contribution in [0.3, 0.4) is 0 Å². The van der Waals surface area contributed by atoms with E-state index in [-0.39, 0.29) is 18.0 Å². The Kier molecular flexibility index (Phi) is 6.76. The summed E-state index contributed by atoms with van der Waals surface area (Å²) in [5.74, 6) is 5.98. The second kappa shape index (κ2) is 7.26. The van der Waals surface area contributed by atoms with Crippen molar-refractivity contribution < 1.29 is 9.53 Å². The molecule has 2 atom stereocenters. The van der Waals surface area contributed by atoms with E-state index < -0.39 is 5.41 Å². The first-order valence-electron chi connectivity index (χ1n) is 6.56. The lowest BCUT2D eigenvalue weighted by Crippen LogP contribution is -2.31. The fourth-order valence-corrected chi connectivity index (χ4v) is 1.38. The Morgan fingerprint density at radius 3 is 2.33 bits per heavy atom. The van der Waals surface area contributed by atoms with Crippen molar-refractivity contribution in [1.29, 1.82) is 0 Å². The Balaban J connectivity index is 4.85. The molecule has 0 aliphatic rings. The molecular formula is C16H26O2. The highest BCUT2D eigenvalue weighted by atomic mass is 16.5. The molecule has 0 fully saturated rings. The van der Waals surface area contributed by atoms with Gasteiger partial charge in [-0.05, 0) is 39.7 Å². The molecule has 0 saturated carbocycles.